The van der Waals surface area contributed by atoms with Gasteiger partial charge in [0.1, 0.15) is 5.78 Å². The fraction of sp³-hybridized carbons (Fsp3) is 0.833. The van der Waals surface area contributed by atoms with E-state index in [0.29, 0.717) is 13.2 Å². The third-order valence-electron chi connectivity index (χ3n) is 5.52. The second-order valence-electron chi connectivity index (χ2n) is 7.55. The lowest BCUT2D eigenvalue weighted by Gasteiger charge is -2.45. The van der Waals surface area contributed by atoms with Gasteiger partial charge in [-0.15, -0.1) is 0 Å². The highest BCUT2D eigenvalue weighted by Gasteiger charge is 2.51. The zero-order valence-corrected chi connectivity index (χ0v) is 15.1. The molecule has 0 aromatic carbocycles. The van der Waals surface area contributed by atoms with Gasteiger partial charge in [0.25, 0.3) is 0 Å². The van der Waals surface area contributed by atoms with Crippen molar-refractivity contribution in [1.82, 2.24) is 0 Å². The highest BCUT2D eigenvalue weighted by Crippen LogP contribution is 2.51. The summed E-state index contributed by atoms with van der Waals surface area (Å²) in [6.07, 6.45) is 4.95. The van der Waals surface area contributed by atoms with Crippen molar-refractivity contribution in [2.75, 3.05) is 13.2 Å². The Bertz CT molecular complexity index is 540. The maximum absolute atomic E-state index is 12.7. The predicted molar refractivity (Wildman–Crippen MR) is 92.4 cm³/mol. The number of carbonyl (C=O) groups is 1. The molecule has 0 aromatic rings. The Morgan fingerprint density at radius 1 is 1.46 bits per heavy atom. The van der Waals surface area contributed by atoms with Crippen molar-refractivity contribution in [3.8, 4) is 0 Å². The lowest BCUT2D eigenvalue weighted by molar-refractivity contribution is -0.159. The van der Waals surface area contributed by atoms with Crippen LogP contribution < -0.4 is 0 Å². The largest absolute Gasteiger partial charge is 0.348 e. The predicted octanol–water partition coefficient (Wildman–Crippen LogP) is 4.55. The zero-order chi connectivity index (χ0) is 17.8. The van der Waals surface area contributed by atoms with E-state index in [1.54, 1.807) is 6.92 Å². The average molecular weight is 335 g/mol. The molecule has 0 unspecified atom stereocenters. The summed E-state index contributed by atoms with van der Waals surface area (Å²) in [5, 5.41) is 3.59. The van der Waals surface area contributed by atoms with Crippen LogP contribution in [-0.2, 0) is 14.3 Å². The molecule has 2 fully saturated rings. The van der Waals surface area contributed by atoms with Crippen molar-refractivity contribution >= 4 is 5.78 Å². The fourth-order valence-corrected chi connectivity index (χ4v) is 4.19. The Balaban J connectivity index is 2.16. The van der Waals surface area contributed by atoms with Crippen LogP contribution in [0.2, 0.25) is 0 Å². The molecule has 1 aliphatic heterocycles. The van der Waals surface area contributed by atoms with Gasteiger partial charge in [0.05, 0.1) is 12.7 Å². The van der Waals surface area contributed by atoms with Gasteiger partial charge in [-0.25, -0.2) is 0 Å². The van der Waals surface area contributed by atoms with Crippen molar-refractivity contribution in [2.24, 2.45) is 16.4 Å². The van der Waals surface area contributed by atoms with E-state index >= 15 is 0 Å². The molecule has 1 saturated carbocycles. The van der Waals surface area contributed by atoms with Crippen molar-refractivity contribution in [1.29, 1.82) is 0 Å². The van der Waals surface area contributed by atoms with Gasteiger partial charge in [0, 0.05) is 22.8 Å². The molecule has 0 spiro atoms. The maximum Gasteiger partial charge on any atom is 0.163 e. The van der Waals surface area contributed by atoms with Crippen LogP contribution in [0.3, 0.4) is 0 Å². The van der Waals surface area contributed by atoms with Crippen LogP contribution >= 0.6 is 0 Å². The minimum Gasteiger partial charge on any atom is -0.348 e. The van der Waals surface area contributed by atoms with Crippen molar-refractivity contribution in [3.63, 3.8) is 0 Å². The van der Waals surface area contributed by atoms with E-state index in [-0.39, 0.29) is 23.2 Å². The minimum absolute atomic E-state index is 0.0712. The summed E-state index contributed by atoms with van der Waals surface area (Å²) in [6, 6.07) is 0. The molecule has 0 N–H and O–H groups in total. The molecule has 0 radical (unpaired) electrons. The Hall–Kier alpha value is -1.36. The summed E-state index contributed by atoms with van der Waals surface area (Å²) in [4.78, 5) is 15.5. The van der Waals surface area contributed by atoms with Gasteiger partial charge < -0.3 is 9.47 Å². The SMILES string of the molecule is C=C1CC[C@](CCCCN=[N+]=[N-])(C(C)=O)[C@@H]([C@@H]2COC(C)(C)O2)C1. The summed E-state index contributed by atoms with van der Waals surface area (Å²) >= 11 is 0. The van der Waals surface area contributed by atoms with E-state index < -0.39 is 5.79 Å². The van der Waals surface area contributed by atoms with Gasteiger partial charge in [-0.1, -0.05) is 23.7 Å². The summed E-state index contributed by atoms with van der Waals surface area (Å²) < 4.78 is 11.9. The average Bonchev–Trinajstić information content (AvgIpc) is 2.88. The number of unbranched alkanes of at least 4 members (excludes halogenated alkanes) is 1. The maximum atomic E-state index is 12.7. The van der Waals surface area contributed by atoms with Crippen molar-refractivity contribution < 1.29 is 14.3 Å². The summed E-state index contributed by atoms with van der Waals surface area (Å²) in [5.74, 6) is -0.248. The van der Waals surface area contributed by atoms with Gasteiger partial charge >= 0.3 is 0 Å². The molecule has 0 bridgehead atoms. The Morgan fingerprint density at radius 2 is 2.21 bits per heavy atom. The van der Waals surface area contributed by atoms with Gasteiger partial charge in [-0.3, -0.25) is 4.79 Å². The normalized spacial score (nSPS) is 32.4. The molecule has 2 rings (SSSR count). The minimum atomic E-state index is -0.590. The smallest absolute Gasteiger partial charge is 0.163 e. The lowest BCUT2D eigenvalue weighted by atomic mass is 9.59. The summed E-state index contributed by atoms with van der Waals surface area (Å²) in [7, 11) is 0. The van der Waals surface area contributed by atoms with Crippen LogP contribution in [0, 0.1) is 11.3 Å². The third-order valence-corrected chi connectivity index (χ3v) is 5.52. The van der Waals surface area contributed by atoms with Gasteiger partial charge in [-0.05, 0) is 58.4 Å². The highest BCUT2D eigenvalue weighted by molar-refractivity contribution is 5.83. The number of nitrogens with zero attached hydrogens (tertiary/aromatic N) is 3. The molecule has 1 heterocycles. The standard InChI is InChI=1S/C18H29N3O3/c1-13-7-9-18(14(2)22,8-5-6-10-20-21-19)15(11-13)16-12-23-17(3,4)24-16/h15-16H,1,5-12H2,2-4H3/t15-,16+,18-/m1/s1. The number of rotatable bonds is 7. The first-order valence-corrected chi connectivity index (χ1v) is 8.81. The van der Waals surface area contributed by atoms with Crippen LogP contribution in [0.4, 0.5) is 0 Å². The molecule has 6 heteroatoms. The first-order valence-electron chi connectivity index (χ1n) is 8.81. The Labute approximate surface area is 144 Å². The van der Waals surface area contributed by atoms with Crippen LogP contribution in [0.1, 0.15) is 59.3 Å². The molecule has 0 aromatic heterocycles. The first-order chi connectivity index (χ1) is 11.3. The van der Waals surface area contributed by atoms with Crippen LogP contribution in [-0.4, -0.2) is 30.8 Å². The van der Waals surface area contributed by atoms with Gasteiger partial charge in [0.15, 0.2) is 5.79 Å². The van der Waals surface area contributed by atoms with E-state index in [9.17, 15) is 4.79 Å². The number of Topliss-reactive ketones (excluding diaryl/α,β-unsaturated/α-hetero) is 1. The third kappa shape index (κ3) is 4.18. The molecule has 2 aliphatic rings. The van der Waals surface area contributed by atoms with E-state index in [2.05, 4.69) is 16.6 Å². The molecule has 3 atom stereocenters. The topological polar surface area (TPSA) is 84.3 Å². The molecule has 6 nitrogen and oxygen atoms in total. The number of ether oxygens (including phenoxy) is 2. The Kier molecular flexibility index (Phi) is 6.07. The van der Waals surface area contributed by atoms with E-state index in [1.165, 1.54) is 5.57 Å². The molecule has 1 aliphatic carbocycles. The molecular formula is C18H29N3O3. The first kappa shape index (κ1) is 19.0. The number of allylic oxidation sites excluding steroid dienone is 1. The van der Waals surface area contributed by atoms with Crippen LogP contribution in [0.25, 0.3) is 10.4 Å². The lowest BCUT2D eigenvalue weighted by Crippen LogP contribution is -2.47. The van der Waals surface area contributed by atoms with Gasteiger partial charge in [-0.2, -0.15) is 0 Å². The second kappa shape index (κ2) is 7.68. The quantitative estimate of drug-likeness (QED) is 0.225. The van der Waals surface area contributed by atoms with E-state index in [0.717, 1.165) is 38.5 Å². The van der Waals surface area contributed by atoms with Crippen molar-refractivity contribution in [2.45, 2.75) is 71.2 Å². The number of ketones is 1. The highest BCUT2D eigenvalue weighted by atomic mass is 16.7. The zero-order valence-electron chi connectivity index (χ0n) is 15.1. The number of hydrogen-bond acceptors (Lipinski definition) is 4. The van der Waals surface area contributed by atoms with Crippen LogP contribution in [0.5, 0.6) is 0 Å². The van der Waals surface area contributed by atoms with Gasteiger partial charge in [0.2, 0.25) is 0 Å². The molecule has 1 saturated heterocycles. The summed E-state index contributed by atoms with van der Waals surface area (Å²) in [6.45, 7) is 10.7. The number of carbonyl (C=O) groups excluding carboxylic acids is 1. The van der Waals surface area contributed by atoms with Crippen LogP contribution in [0.15, 0.2) is 17.3 Å². The fourth-order valence-electron chi connectivity index (χ4n) is 4.19. The second-order valence-corrected chi connectivity index (χ2v) is 7.55. The monoisotopic (exact) mass is 335 g/mol. The number of hydrogen-bond donors (Lipinski definition) is 0. The Morgan fingerprint density at radius 3 is 2.79 bits per heavy atom. The van der Waals surface area contributed by atoms with E-state index in [4.69, 9.17) is 15.0 Å². The molecule has 0 amide bonds. The molecule has 24 heavy (non-hydrogen) atoms. The van der Waals surface area contributed by atoms with Crippen molar-refractivity contribution in [3.05, 3.63) is 22.6 Å². The molecule has 134 valence electrons. The molecular weight excluding hydrogens is 306 g/mol. The number of azide groups is 1. The summed E-state index contributed by atoms with van der Waals surface area (Å²) in [5.41, 5.74) is 9.19. The van der Waals surface area contributed by atoms with E-state index in [1.807, 2.05) is 13.8 Å².